The van der Waals surface area contributed by atoms with Gasteiger partial charge in [-0.2, -0.15) is 0 Å². The standard InChI is InChI=1S/C12H18N2O4/c1-2-3-10(11(16)17)14-12(18)13-8-4-6-9(15)7-5-8/h1,8-10,15H,3-7H2,(H,16,17)(H2,13,14,18). The van der Waals surface area contributed by atoms with Gasteiger partial charge in [-0.25, -0.2) is 9.59 Å². The Morgan fingerprint density at radius 3 is 2.44 bits per heavy atom. The van der Waals surface area contributed by atoms with Crippen LogP contribution in [0.15, 0.2) is 0 Å². The van der Waals surface area contributed by atoms with E-state index in [0.717, 1.165) is 0 Å². The quantitative estimate of drug-likeness (QED) is 0.533. The summed E-state index contributed by atoms with van der Waals surface area (Å²) in [6, 6.07) is -1.61. The Hall–Kier alpha value is -1.74. The number of amides is 2. The first-order valence-corrected chi connectivity index (χ1v) is 5.94. The Balaban J connectivity index is 2.36. The van der Waals surface area contributed by atoms with E-state index in [1.165, 1.54) is 0 Å². The second-order valence-corrected chi connectivity index (χ2v) is 4.42. The number of urea groups is 1. The van der Waals surface area contributed by atoms with E-state index in [4.69, 9.17) is 11.5 Å². The number of carbonyl (C=O) groups is 2. The first kappa shape index (κ1) is 14.3. The predicted octanol–water partition coefficient (Wildman–Crippen LogP) is 0.0656. The van der Waals surface area contributed by atoms with E-state index in [1.54, 1.807) is 0 Å². The average molecular weight is 254 g/mol. The van der Waals surface area contributed by atoms with Crippen LogP contribution in [0.3, 0.4) is 0 Å². The molecular formula is C12H18N2O4. The predicted molar refractivity (Wildman–Crippen MR) is 64.8 cm³/mol. The van der Waals surface area contributed by atoms with Crippen LogP contribution in [0.4, 0.5) is 4.79 Å². The summed E-state index contributed by atoms with van der Waals surface area (Å²) >= 11 is 0. The van der Waals surface area contributed by atoms with Gasteiger partial charge in [0.2, 0.25) is 0 Å². The highest BCUT2D eigenvalue weighted by Crippen LogP contribution is 2.18. The van der Waals surface area contributed by atoms with Crippen molar-refractivity contribution in [3.05, 3.63) is 0 Å². The minimum absolute atomic E-state index is 0.0197. The molecule has 100 valence electrons. The Bertz CT molecular complexity index is 342. The maximum atomic E-state index is 11.6. The lowest BCUT2D eigenvalue weighted by atomic mass is 9.93. The van der Waals surface area contributed by atoms with Gasteiger partial charge in [0, 0.05) is 12.5 Å². The van der Waals surface area contributed by atoms with Gasteiger partial charge in [0.05, 0.1) is 6.10 Å². The van der Waals surface area contributed by atoms with Crippen LogP contribution in [-0.4, -0.2) is 40.4 Å². The minimum Gasteiger partial charge on any atom is -0.480 e. The van der Waals surface area contributed by atoms with Gasteiger partial charge in [-0.1, -0.05) is 0 Å². The second-order valence-electron chi connectivity index (χ2n) is 4.42. The fourth-order valence-corrected chi connectivity index (χ4v) is 1.92. The topological polar surface area (TPSA) is 98.7 Å². The molecule has 1 aliphatic carbocycles. The average Bonchev–Trinajstić information content (AvgIpc) is 2.31. The third-order valence-electron chi connectivity index (χ3n) is 2.96. The highest BCUT2D eigenvalue weighted by atomic mass is 16.4. The van der Waals surface area contributed by atoms with Crippen LogP contribution in [0.1, 0.15) is 32.1 Å². The monoisotopic (exact) mass is 254 g/mol. The summed E-state index contributed by atoms with van der Waals surface area (Å²) < 4.78 is 0. The van der Waals surface area contributed by atoms with Crippen molar-refractivity contribution in [1.82, 2.24) is 10.6 Å². The molecule has 0 aromatic heterocycles. The highest BCUT2D eigenvalue weighted by Gasteiger charge is 2.23. The number of terminal acetylenes is 1. The lowest BCUT2D eigenvalue weighted by molar-refractivity contribution is -0.139. The Kier molecular flexibility index (Phi) is 5.46. The van der Waals surface area contributed by atoms with E-state index in [9.17, 15) is 14.7 Å². The van der Waals surface area contributed by atoms with Gasteiger partial charge >= 0.3 is 12.0 Å². The van der Waals surface area contributed by atoms with Gasteiger partial charge in [-0.15, -0.1) is 12.3 Å². The van der Waals surface area contributed by atoms with Crippen LogP contribution in [0.5, 0.6) is 0 Å². The fraction of sp³-hybridized carbons (Fsp3) is 0.667. The summed E-state index contributed by atoms with van der Waals surface area (Å²) in [6.07, 6.45) is 7.38. The highest BCUT2D eigenvalue weighted by molar-refractivity contribution is 5.82. The Morgan fingerprint density at radius 2 is 1.94 bits per heavy atom. The van der Waals surface area contributed by atoms with Crippen LogP contribution < -0.4 is 10.6 Å². The van der Waals surface area contributed by atoms with Crippen molar-refractivity contribution < 1.29 is 19.8 Å². The molecule has 0 bridgehead atoms. The van der Waals surface area contributed by atoms with Crippen molar-refractivity contribution in [2.75, 3.05) is 0 Å². The zero-order valence-electron chi connectivity index (χ0n) is 10.1. The molecule has 0 radical (unpaired) electrons. The number of carboxylic acid groups (broad SMARTS) is 1. The molecule has 2 amide bonds. The molecule has 1 fully saturated rings. The van der Waals surface area contributed by atoms with E-state index in [2.05, 4.69) is 16.6 Å². The van der Waals surface area contributed by atoms with Crippen molar-refractivity contribution in [1.29, 1.82) is 0 Å². The van der Waals surface area contributed by atoms with Gasteiger partial charge in [-0.3, -0.25) is 0 Å². The van der Waals surface area contributed by atoms with Crippen LogP contribution in [0.2, 0.25) is 0 Å². The lowest BCUT2D eigenvalue weighted by Crippen LogP contribution is -2.49. The van der Waals surface area contributed by atoms with Gasteiger partial charge in [0.15, 0.2) is 0 Å². The van der Waals surface area contributed by atoms with Gasteiger partial charge in [0.1, 0.15) is 6.04 Å². The molecule has 1 aliphatic rings. The number of hydrogen-bond acceptors (Lipinski definition) is 3. The molecule has 0 spiro atoms. The molecule has 1 rings (SSSR count). The summed E-state index contributed by atoms with van der Waals surface area (Å²) in [7, 11) is 0. The minimum atomic E-state index is -1.15. The molecule has 18 heavy (non-hydrogen) atoms. The number of carbonyl (C=O) groups excluding carboxylic acids is 1. The van der Waals surface area contributed by atoms with E-state index in [-0.39, 0.29) is 18.6 Å². The molecule has 1 atom stereocenters. The van der Waals surface area contributed by atoms with E-state index < -0.39 is 18.0 Å². The van der Waals surface area contributed by atoms with Crippen LogP contribution in [-0.2, 0) is 4.79 Å². The molecule has 1 saturated carbocycles. The number of rotatable bonds is 4. The van der Waals surface area contributed by atoms with Crippen molar-refractivity contribution in [3.8, 4) is 12.3 Å². The summed E-state index contributed by atoms with van der Waals surface area (Å²) in [5.41, 5.74) is 0. The van der Waals surface area contributed by atoms with E-state index in [0.29, 0.717) is 25.7 Å². The summed E-state index contributed by atoms with van der Waals surface area (Å²) in [5, 5.41) is 23.2. The number of aliphatic carboxylic acids is 1. The third kappa shape index (κ3) is 4.63. The first-order chi connectivity index (χ1) is 8.52. The SMILES string of the molecule is C#CCC(NC(=O)NC1CCC(O)CC1)C(=O)O. The molecule has 0 aromatic rings. The molecule has 6 nitrogen and oxygen atoms in total. The number of aliphatic hydroxyl groups excluding tert-OH is 1. The third-order valence-corrected chi connectivity index (χ3v) is 2.96. The van der Waals surface area contributed by atoms with Crippen molar-refractivity contribution in [3.63, 3.8) is 0 Å². The lowest BCUT2D eigenvalue weighted by Gasteiger charge is -2.26. The smallest absolute Gasteiger partial charge is 0.327 e. The molecule has 0 aliphatic heterocycles. The molecule has 1 unspecified atom stereocenters. The van der Waals surface area contributed by atoms with Crippen LogP contribution in [0.25, 0.3) is 0 Å². The van der Waals surface area contributed by atoms with Crippen LogP contribution in [0, 0.1) is 12.3 Å². The molecule has 0 saturated heterocycles. The summed E-state index contributed by atoms with van der Waals surface area (Å²) in [5.74, 6) is 1.06. The van der Waals surface area contributed by atoms with Crippen molar-refractivity contribution in [2.24, 2.45) is 0 Å². The molecule has 0 heterocycles. The van der Waals surface area contributed by atoms with Crippen LogP contribution >= 0.6 is 0 Å². The number of nitrogens with one attached hydrogen (secondary N) is 2. The number of hydrogen-bond donors (Lipinski definition) is 4. The summed E-state index contributed by atoms with van der Waals surface area (Å²) in [6.45, 7) is 0. The molecule has 0 aromatic carbocycles. The maximum absolute atomic E-state index is 11.6. The second kappa shape index (κ2) is 6.87. The van der Waals surface area contributed by atoms with Gasteiger partial charge in [0.25, 0.3) is 0 Å². The largest absolute Gasteiger partial charge is 0.480 e. The number of carboxylic acids is 1. The molecule has 4 N–H and O–H groups in total. The Labute approximate surface area is 106 Å². The van der Waals surface area contributed by atoms with Gasteiger partial charge < -0.3 is 20.8 Å². The Morgan fingerprint density at radius 1 is 1.33 bits per heavy atom. The zero-order valence-corrected chi connectivity index (χ0v) is 10.1. The van der Waals surface area contributed by atoms with E-state index in [1.807, 2.05) is 0 Å². The number of aliphatic hydroxyl groups is 1. The summed E-state index contributed by atoms with van der Waals surface area (Å²) in [4.78, 5) is 22.4. The zero-order chi connectivity index (χ0) is 13.5. The fourth-order valence-electron chi connectivity index (χ4n) is 1.92. The van der Waals surface area contributed by atoms with E-state index >= 15 is 0 Å². The normalized spacial score (nSPS) is 24.7. The van der Waals surface area contributed by atoms with Gasteiger partial charge in [-0.05, 0) is 25.7 Å². The van der Waals surface area contributed by atoms with Crippen molar-refractivity contribution in [2.45, 2.75) is 50.3 Å². The molecule has 6 heteroatoms. The molecular weight excluding hydrogens is 236 g/mol. The maximum Gasteiger partial charge on any atom is 0.327 e. The van der Waals surface area contributed by atoms with Crippen molar-refractivity contribution >= 4 is 12.0 Å². The first-order valence-electron chi connectivity index (χ1n) is 5.94.